The van der Waals surface area contributed by atoms with Crippen molar-refractivity contribution in [1.82, 2.24) is 10.3 Å². The molecule has 1 aliphatic carbocycles. The molecular weight excluding hydrogens is 472 g/mol. The van der Waals surface area contributed by atoms with Crippen LogP contribution in [0.4, 0.5) is 4.79 Å². The third kappa shape index (κ3) is 5.22. The number of carbonyl (C=O) groups is 1. The van der Waals surface area contributed by atoms with Crippen molar-refractivity contribution in [3.63, 3.8) is 0 Å². The molecule has 1 amide bonds. The first-order valence-corrected chi connectivity index (χ1v) is 11.3. The van der Waals surface area contributed by atoms with Gasteiger partial charge in [-0.05, 0) is 63.5 Å². The Labute approximate surface area is 195 Å². The molecule has 166 valence electrons. The van der Waals surface area contributed by atoms with E-state index in [1.165, 1.54) is 11.1 Å². The van der Waals surface area contributed by atoms with Crippen LogP contribution in [0.5, 0.6) is 17.2 Å². The maximum Gasteiger partial charge on any atom is 0.404 e. The number of benzene rings is 2. The van der Waals surface area contributed by atoms with Crippen molar-refractivity contribution >= 4 is 22.0 Å². The van der Waals surface area contributed by atoms with Crippen LogP contribution in [0, 0.1) is 0 Å². The number of hydrogen-bond donors (Lipinski definition) is 2. The minimum atomic E-state index is -0.982. The molecule has 0 bridgehead atoms. The molecule has 0 spiro atoms. The van der Waals surface area contributed by atoms with Crippen LogP contribution in [0.2, 0.25) is 0 Å². The first kappa shape index (κ1) is 22.1. The smallest absolute Gasteiger partial charge is 0.404 e. The van der Waals surface area contributed by atoms with Crippen molar-refractivity contribution in [3.05, 3.63) is 82.6 Å². The fourth-order valence-corrected chi connectivity index (χ4v) is 4.00. The summed E-state index contributed by atoms with van der Waals surface area (Å²) in [4.78, 5) is 14.8. The Kier molecular flexibility index (Phi) is 6.37. The summed E-state index contributed by atoms with van der Waals surface area (Å²) in [5.74, 6) is 2.25. The van der Waals surface area contributed by atoms with Crippen molar-refractivity contribution in [2.24, 2.45) is 0 Å². The summed E-state index contributed by atoms with van der Waals surface area (Å²) in [5.41, 5.74) is 2.16. The highest BCUT2D eigenvalue weighted by molar-refractivity contribution is 9.10. The van der Waals surface area contributed by atoms with Crippen LogP contribution in [-0.4, -0.2) is 28.3 Å². The Morgan fingerprint density at radius 3 is 2.06 bits per heavy atom. The summed E-state index contributed by atoms with van der Waals surface area (Å²) in [5, 5.41) is 11.2. The lowest BCUT2D eigenvalue weighted by Crippen LogP contribution is -2.48. The number of carboxylic acid groups (broad SMARTS) is 1. The summed E-state index contributed by atoms with van der Waals surface area (Å²) >= 11 is 3.32. The third-order valence-electron chi connectivity index (χ3n) is 5.81. The number of halogens is 1. The summed E-state index contributed by atoms with van der Waals surface area (Å²) in [6.45, 7) is 4.37. The molecule has 2 aromatic carbocycles. The lowest BCUT2D eigenvalue weighted by Gasteiger charge is -2.35. The molecule has 1 heterocycles. The fourth-order valence-electron chi connectivity index (χ4n) is 3.76. The minimum absolute atomic E-state index is 0.0114. The van der Waals surface area contributed by atoms with Crippen molar-refractivity contribution in [2.75, 3.05) is 0 Å². The molecule has 2 N–H and O–H groups in total. The van der Waals surface area contributed by atoms with E-state index in [-0.39, 0.29) is 17.6 Å². The first-order chi connectivity index (χ1) is 15.3. The van der Waals surface area contributed by atoms with Gasteiger partial charge in [-0.3, -0.25) is 0 Å². The Balaban J connectivity index is 1.37. The molecule has 1 saturated carbocycles. The highest BCUT2D eigenvalue weighted by Gasteiger charge is 2.32. The van der Waals surface area contributed by atoms with E-state index in [1.54, 1.807) is 6.20 Å². The summed E-state index contributed by atoms with van der Waals surface area (Å²) in [6, 6.07) is 19.9. The number of amides is 1. The third-order valence-corrected chi connectivity index (χ3v) is 6.28. The van der Waals surface area contributed by atoms with Gasteiger partial charge in [0.05, 0.1) is 6.20 Å². The number of hydrogen-bond acceptors (Lipinski definition) is 4. The number of nitrogens with one attached hydrogen (secondary N) is 1. The molecule has 0 aliphatic heterocycles. The van der Waals surface area contributed by atoms with E-state index in [4.69, 9.17) is 14.6 Å². The molecule has 0 radical (unpaired) electrons. The van der Waals surface area contributed by atoms with E-state index in [0.29, 0.717) is 18.6 Å². The molecule has 1 aromatic heterocycles. The maximum atomic E-state index is 10.7. The number of ether oxygens (including phenoxy) is 2. The van der Waals surface area contributed by atoms with Gasteiger partial charge in [0.1, 0.15) is 28.0 Å². The van der Waals surface area contributed by atoms with E-state index >= 15 is 0 Å². The molecular formula is C25H25BrN2O4. The zero-order chi connectivity index (χ0) is 22.7. The van der Waals surface area contributed by atoms with Gasteiger partial charge in [-0.25, -0.2) is 9.78 Å². The highest BCUT2D eigenvalue weighted by atomic mass is 79.9. The average Bonchev–Trinajstić information content (AvgIpc) is 2.74. The van der Waals surface area contributed by atoms with E-state index < -0.39 is 6.09 Å². The van der Waals surface area contributed by atoms with Crippen LogP contribution in [0.15, 0.2) is 71.5 Å². The average molecular weight is 497 g/mol. The zero-order valence-corrected chi connectivity index (χ0v) is 19.5. The SMILES string of the molecule is CC(C)(c1ccc(Oc2ccc(Br)nc2)cc1)c1ccc(O[C@H]2C[C@@H](NC(=O)O)C2)cc1. The summed E-state index contributed by atoms with van der Waals surface area (Å²) < 4.78 is 12.6. The predicted molar refractivity (Wildman–Crippen MR) is 126 cm³/mol. The van der Waals surface area contributed by atoms with Gasteiger partial charge in [0.2, 0.25) is 0 Å². The molecule has 4 rings (SSSR count). The second kappa shape index (κ2) is 9.20. The van der Waals surface area contributed by atoms with Crippen molar-refractivity contribution in [1.29, 1.82) is 0 Å². The van der Waals surface area contributed by atoms with Crippen molar-refractivity contribution < 1.29 is 19.4 Å². The molecule has 0 unspecified atom stereocenters. The largest absolute Gasteiger partial charge is 0.490 e. The molecule has 0 saturated heterocycles. The second-order valence-corrected chi connectivity index (χ2v) is 9.26. The molecule has 3 aromatic rings. The number of pyridine rings is 1. The molecule has 1 fully saturated rings. The normalized spacial score (nSPS) is 17.8. The van der Waals surface area contributed by atoms with E-state index in [1.807, 2.05) is 36.4 Å². The second-order valence-electron chi connectivity index (χ2n) is 8.45. The zero-order valence-electron chi connectivity index (χ0n) is 17.9. The van der Waals surface area contributed by atoms with Crippen LogP contribution < -0.4 is 14.8 Å². The van der Waals surface area contributed by atoms with Crippen LogP contribution in [-0.2, 0) is 5.41 Å². The molecule has 0 atom stereocenters. The first-order valence-electron chi connectivity index (χ1n) is 10.5. The molecule has 32 heavy (non-hydrogen) atoms. The molecule has 6 nitrogen and oxygen atoms in total. The Bertz CT molecular complexity index is 1060. The number of aromatic nitrogens is 1. The van der Waals surface area contributed by atoms with Crippen molar-refractivity contribution in [2.45, 2.75) is 44.2 Å². The fraction of sp³-hybridized carbons (Fsp3) is 0.280. The maximum absolute atomic E-state index is 10.7. The van der Waals surface area contributed by atoms with Gasteiger partial charge >= 0.3 is 6.09 Å². The standard InChI is InChI=1S/C25H25BrN2O4/c1-25(2,16-3-7-19(8-4-16)31-21-11-12-23(26)27-15-21)17-5-9-20(10-6-17)32-22-13-18(14-22)28-24(29)30/h3-12,15,18,22,28H,13-14H2,1-2H3,(H,29,30)/t18-,22+. The van der Waals surface area contributed by atoms with Gasteiger partial charge in [0, 0.05) is 24.3 Å². The number of nitrogens with zero attached hydrogens (tertiary/aromatic N) is 1. The van der Waals surface area contributed by atoms with Gasteiger partial charge < -0.3 is 19.9 Å². The lowest BCUT2D eigenvalue weighted by atomic mass is 9.78. The van der Waals surface area contributed by atoms with E-state index in [9.17, 15) is 4.79 Å². The Hall–Kier alpha value is -3.06. The van der Waals surface area contributed by atoms with Crippen LogP contribution in [0.3, 0.4) is 0 Å². The predicted octanol–water partition coefficient (Wildman–Crippen LogP) is 6.14. The highest BCUT2D eigenvalue weighted by Crippen LogP contribution is 2.35. The minimum Gasteiger partial charge on any atom is -0.490 e. The van der Waals surface area contributed by atoms with Crippen LogP contribution in [0.1, 0.15) is 37.8 Å². The van der Waals surface area contributed by atoms with Gasteiger partial charge in [0.25, 0.3) is 0 Å². The summed E-state index contributed by atoms with van der Waals surface area (Å²) in [7, 11) is 0. The van der Waals surface area contributed by atoms with E-state index in [2.05, 4.69) is 64.3 Å². The van der Waals surface area contributed by atoms with Gasteiger partial charge in [0.15, 0.2) is 0 Å². The van der Waals surface area contributed by atoms with Gasteiger partial charge in [-0.1, -0.05) is 38.1 Å². The molecule has 7 heteroatoms. The topological polar surface area (TPSA) is 80.7 Å². The summed E-state index contributed by atoms with van der Waals surface area (Å²) in [6.07, 6.45) is 2.15. The Morgan fingerprint density at radius 1 is 0.969 bits per heavy atom. The van der Waals surface area contributed by atoms with Crippen LogP contribution >= 0.6 is 15.9 Å². The lowest BCUT2D eigenvalue weighted by molar-refractivity contribution is 0.0833. The van der Waals surface area contributed by atoms with Gasteiger partial charge in [-0.2, -0.15) is 0 Å². The van der Waals surface area contributed by atoms with E-state index in [0.717, 1.165) is 16.1 Å². The Morgan fingerprint density at radius 2 is 1.53 bits per heavy atom. The van der Waals surface area contributed by atoms with Crippen molar-refractivity contribution in [3.8, 4) is 17.2 Å². The molecule has 1 aliphatic rings. The van der Waals surface area contributed by atoms with Gasteiger partial charge in [-0.15, -0.1) is 0 Å². The van der Waals surface area contributed by atoms with Crippen LogP contribution in [0.25, 0.3) is 0 Å². The number of rotatable bonds is 7. The quantitative estimate of drug-likeness (QED) is 0.384. The monoisotopic (exact) mass is 496 g/mol.